The van der Waals surface area contributed by atoms with Crippen molar-refractivity contribution in [1.29, 1.82) is 0 Å². The largest absolute Gasteiger partial charge is 0.390 e. The van der Waals surface area contributed by atoms with Crippen LogP contribution in [-0.4, -0.2) is 63.6 Å². The Bertz CT molecular complexity index is 1020. The summed E-state index contributed by atoms with van der Waals surface area (Å²) in [5.41, 5.74) is 3.84. The highest BCUT2D eigenvalue weighted by Crippen LogP contribution is 2.24. The van der Waals surface area contributed by atoms with E-state index in [1.807, 2.05) is 24.4 Å². The summed E-state index contributed by atoms with van der Waals surface area (Å²) in [6.45, 7) is 7.19. The van der Waals surface area contributed by atoms with Gasteiger partial charge in [-0.1, -0.05) is 19.8 Å². The van der Waals surface area contributed by atoms with E-state index in [0.717, 1.165) is 80.7 Å². The summed E-state index contributed by atoms with van der Waals surface area (Å²) in [6.07, 6.45) is 6.15. The first kappa shape index (κ1) is 22.2. The number of fused-ring (bicyclic) bond motifs is 1. The molecule has 0 aliphatic carbocycles. The molecule has 1 saturated heterocycles. The number of rotatable bonds is 10. The van der Waals surface area contributed by atoms with E-state index in [9.17, 15) is 9.90 Å². The number of unbranched alkanes of at least 4 members (excludes halogenated alkanes) is 2. The topological polar surface area (TPSA) is 86.5 Å². The lowest BCUT2D eigenvalue weighted by Gasteiger charge is -2.35. The molecule has 0 radical (unpaired) electrons. The Morgan fingerprint density at radius 3 is 2.59 bits per heavy atom. The van der Waals surface area contributed by atoms with Crippen molar-refractivity contribution < 1.29 is 9.90 Å². The molecule has 4 rings (SSSR count). The van der Waals surface area contributed by atoms with Gasteiger partial charge in [-0.15, -0.1) is 0 Å². The Morgan fingerprint density at radius 2 is 1.91 bits per heavy atom. The van der Waals surface area contributed by atoms with E-state index in [1.54, 1.807) is 0 Å². The van der Waals surface area contributed by atoms with Crippen molar-refractivity contribution >= 4 is 34.6 Å². The fraction of sp³-hybridized carbons (Fsp3) is 0.458. The van der Waals surface area contributed by atoms with Crippen LogP contribution < -0.4 is 10.2 Å². The van der Waals surface area contributed by atoms with Crippen LogP contribution in [0.3, 0.4) is 0 Å². The van der Waals surface area contributed by atoms with Gasteiger partial charge in [0.2, 0.25) is 5.95 Å². The van der Waals surface area contributed by atoms with Crippen LogP contribution in [0.4, 0.5) is 17.3 Å². The number of aliphatic hydroxyl groups excluding tert-OH is 1. The second kappa shape index (κ2) is 10.6. The molecule has 1 aliphatic heterocycles. The maximum atomic E-state index is 10.7. The van der Waals surface area contributed by atoms with Gasteiger partial charge in [0, 0.05) is 61.4 Å². The first-order valence-corrected chi connectivity index (χ1v) is 11.5. The molecule has 3 heterocycles. The first-order valence-electron chi connectivity index (χ1n) is 11.5. The zero-order valence-corrected chi connectivity index (χ0v) is 18.7. The lowest BCUT2D eigenvalue weighted by atomic mass is 10.2. The summed E-state index contributed by atoms with van der Waals surface area (Å²) >= 11 is 0. The van der Waals surface area contributed by atoms with Gasteiger partial charge >= 0.3 is 0 Å². The number of piperazine rings is 1. The second-order valence-electron chi connectivity index (χ2n) is 8.25. The van der Waals surface area contributed by atoms with Crippen LogP contribution in [0.15, 0.2) is 36.5 Å². The minimum Gasteiger partial charge on any atom is -0.390 e. The molecule has 170 valence electrons. The van der Waals surface area contributed by atoms with E-state index in [2.05, 4.69) is 43.7 Å². The van der Waals surface area contributed by atoms with Gasteiger partial charge in [-0.25, -0.2) is 4.98 Å². The van der Waals surface area contributed by atoms with Gasteiger partial charge in [-0.05, 0) is 36.8 Å². The van der Waals surface area contributed by atoms with Gasteiger partial charge in [0.15, 0.2) is 0 Å². The monoisotopic (exact) mass is 436 g/mol. The molecule has 8 heteroatoms. The molecule has 2 aromatic heterocycles. The Balaban J connectivity index is 1.45. The zero-order chi connectivity index (χ0) is 22.3. The molecule has 2 N–H and O–H groups in total. The third-order valence-electron chi connectivity index (χ3n) is 6.06. The molecular formula is C24H32N6O2. The van der Waals surface area contributed by atoms with Crippen molar-refractivity contribution in [2.24, 2.45) is 0 Å². The smallest absolute Gasteiger partial charge is 0.229 e. The minimum absolute atomic E-state index is 0.00386. The van der Waals surface area contributed by atoms with Gasteiger partial charge in [-0.3, -0.25) is 4.90 Å². The molecule has 8 nitrogen and oxygen atoms in total. The molecule has 1 aromatic carbocycles. The molecule has 32 heavy (non-hydrogen) atoms. The van der Waals surface area contributed by atoms with Crippen molar-refractivity contribution in [1.82, 2.24) is 19.4 Å². The third kappa shape index (κ3) is 5.08. The highest BCUT2D eigenvalue weighted by atomic mass is 16.3. The van der Waals surface area contributed by atoms with Crippen molar-refractivity contribution in [3.63, 3.8) is 0 Å². The van der Waals surface area contributed by atoms with Gasteiger partial charge < -0.3 is 24.7 Å². The summed E-state index contributed by atoms with van der Waals surface area (Å²) in [6, 6.07) is 10.3. The van der Waals surface area contributed by atoms with Crippen molar-refractivity contribution in [3.05, 3.63) is 42.2 Å². The fourth-order valence-corrected chi connectivity index (χ4v) is 4.23. The van der Waals surface area contributed by atoms with Crippen LogP contribution in [0, 0.1) is 0 Å². The minimum atomic E-state index is -0.00386. The first-order chi connectivity index (χ1) is 15.7. The maximum Gasteiger partial charge on any atom is 0.229 e. The summed E-state index contributed by atoms with van der Waals surface area (Å²) in [4.78, 5) is 24.4. The van der Waals surface area contributed by atoms with Crippen LogP contribution in [0.25, 0.3) is 11.0 Å². The number of hydrogen-bond acceptors (Lipinski definition) is 7. The second-order valence-corrected chi connectivity index (χ2v) is 8.25. The Hall–Kier alpha value is -2.97. The number of aliphatic hydroxyl groups is 1. The number of hydrogen-bond donors (Lipinski definition) is 2. The summed E-state index contributed by atoms with van der Waals surface area (Å²) in [5, 5.41) is 14.0. The van der Waals surface area contributed by atoms with Crippen LogP contribution in [0.1, 0.15) is 31.9 Å². The molecule has 0 spiro atoms. The number of aromatic nitrogens is 3. The van der Waals surface area contributed by atoms with E-state index >= 15 is 0 Å². The van der Waals surface area contributed by atoms with Crippen LogP contribution in [0.2, 0.25) is 0 Å². The Labute approximate surface area is 188 Å². The van der Waals surface area contributed by atoms with E-state index < -0.39 is 0 Å². The molecule has 0 bridgehead atoms. The zero-order valence-electron chi connectivity index (χ0n) is 18.7. The lowest BCUT2D eigenvalue weighted by molar-refractivity contribution is -0.108. The molecule has 0 atom stereocenters. The molecule has 1 fully saturated rings. The number of nitrogens with one attached hydrogen (secondary N) is 1. The number of carbonyl (C=O) groups excluding carboxylic acids is 1. The average Bonchev–Trinajstić information content (AvgIpc) is 3.18. The van der Waals surface area contributed by atoms with E-state index in [4.69, 9.17) is 4.98 Å². The fourth-order valence-electron chi connectivity index (χ4n) is 4.23. The molecule has 1 aliphatic rings. The van der Waals surface area contributed by atoms with Gasteiger partial charge in [0.05, 0.1) is 13.2 Å². The lowest BCUT2D eigenvalue weighted by Crippen LogP contribution is -2.46. The predicted molar refractivity (Wildman–Crippen MR) is 127 cm³/mol. The van der Waals surface area contributed by atoms with Crippen molar-refractivity contribution in [3.8, 4) is 0 Å². The highest BCUT2D eigenvalue weighted by Gasteiger charge is 2.17. The van der Waals surface area contributed by atoms with Gasteiger partial charge in [-0.2, -0.15) is 4.98 Å². The number of carbonyl (C=O) groups is 1. The Morgan fingerprint density at radius 1 is 1.12 bits per heavy atom. The van der Waals surface area contributed by atoms with Gasteiger partial charge in [0.1, 0.15) is 11.9 Å². The molecular weight excluding hydrogens is 404 g/mol. The van der Waals surface area contributed by atoms with E-state index in [-0.39, 0.29) is 6.61 Å². The summed E-state index contributed by atoms with van der Waals surface area (Å²) < 4.78 is 2.10. The summed E-state index contributed by atoms with van der Waals surface area (Å²) in [7, 11) is 0. The molecule has 0 amide bonds. The quantitative estimate of drug-likeness (QED) is 0.373. The van der Waals surface area contributed by atoms with Crippen LogP contribution in [-0.2, 0) is 17.9 Å². The number of aryl methyl sites for hydroxylation is 1. The van der Waals surface area contributed by atoms with Gasteiger partial charge in [0.25, 0.3) is 0 Å². The molecule has 3 aromatic rings. The highest BCUT2D eigenvalue weighted by molar-refractivity contribution is 5.78. The van der Waals surface area contributed by atoms with Crippen molar-refractivity contribution in [2.45, 2.75) is 39.3 Å². The number of aldehydes is 1. The molecule has 0 unspecified atom stereocenters. The van der Waals surface area contributed by atoms with Crippen molar-refractivity contribution in [2.75, 3.05) is 42.9 Å². The number of nitrogens with zero attached hydrogens (tertiary/aromatic N) is 5. The van der Waals surface area contributed by atoms with E-state index in [0.29, 0.717) is 12.5 Å². The summed E-state index contributed by atoms with van der Waals surface area (Å²) in [5.74, 6) is 0.548. The maximum absolute atomic E-state index is 10.7. The third-order valence-corrected chi connectivity index (χ3v) is 6.06. The number of anilines is 3. The normalized spacial score (nSPS) is 14.8. The SMILES string of the molecule is CCCCCn1c(CO)cc2cnc(Nc3ccc(N4CCN(CC=O)CC4)cc3)nc21. The van der Waals surface area contributed by atoms with E-state index in [1.165, 1.54) is 5.69 Å². The Kier molecular flexibility index (Phi) is 7.34. The predicted octanol–water partition coefficient (Wildman–Crippen LogP) is 3.18. The standard InChI is InChI=1S/C24H32N6O2/c1-2-3-4-9-30-22(18-32)16-19-17-25-24(27-23(19)30)26-20-5-7-21(8-6-20)29-12-10-28(11-13-29)14-15-31/h5-8,15-17,32H,2-4,9-14,18H2,1H3,(H,25,26,27). The average molecular weight is 437 g/mol. The number of benzene rings is 1. The van der Waals surface area contributed by atoms with Crippen LogP contribution in [0.5, 0.6) is 0 Å². The molecule has 0 saturated carbocycles. The van der Waals surface area contributed by atoms with Crippen LogP contribution >= 0.6 is 0 Å².